The van der Waals surface area contributed by atoms with Gasteiger partial charge < -0.3 is 4.18 Å². The van der Waals surface area contributed by atoms with Crippen LogP contribution in [0.25, 0.3) is 0 Å². The molecule has 4 atom stereocenters. The van der Waals surface area contributed by atoms with E-state index in [1.165, 1.54) is 0 Å². The maximum Gasteiger partial charge on any atom is 0.306 e. The smallest absolute Gasteiger partial charge is 0.306 e. The lowest BCUT2D eigenvalue weighted by molar-refractivity contribution is -0.139. The van der Waals surface area contributed by atoms with E-state index in [4.69, 9.17) is 4.18 Å². The lowest BCUT2D eigenvalue weighted by Crippen LogP contribution is -2.47. The van der Waals surface area contributed by atoms with E-state index in [0.29, 0.717) is 18.6 Å². The van der Waals surface area contributed by atoms with Gasteiger partial charge in [-0.3, -0.25) is 9.59 Å². The number of Topliss-reactive ketones (excluding diaryl/α,β-unsaturated/α-hetero) is 2. The van der Waals surface area contributed by atoms with Crippen LogP contribution in [0, 0.1) is 17.3 Å². The zero-order chi connectivity index (χ0) is 18.0. The molecule has 2 fully saturated rings. The van der Waals surface area contributed by atoms with E-state index in [9.17, 15) is 18.0 Å². The van der Waals surface area contributed by atoms with Gasteiger partial charge in [0.05, 0.1) is 6.26 Å². The Kier molecular flexibility index (Phi) is 3.62. The van der Waals surface area contributed by atoms with Gasteiger partial charge in [-0.2, -0.15) is 8.42 Å². The quantitative estimate of drug-likeness (QED) is 0.756. The predicted octanol–water partition coefficient (Wildman–Crippen LogP) is 2.63. The van der Waals surface area contributed by atoms with Crippen LogP contribution in [0.2, 0.25) is 0 Å². The highest BCUT2D eigenvalue weighted by Crippen LogP contribution is 2.58. The maximum absolute atomic E-state index is 12.9. The molecule has 3 aliphatic rings. The lowest BCUT2D eigenvalue weighted by Gasteiger charge is -2.47. The summed E-state index contributed by atoms with van der Waals surface area (Å²) in [5, 5.41) is 0. The van der Waals surface area contributed by atoms with Crippen molar-refractivity contribution in [3.63, 3.8) is 0 Å². The number of carbonyl (C=O) groups is 2. The van der Waals surface area contributed by atoms with E-state index in [0.717, 1.165) is 36.6 Å². The summed E-state index contributed by atoms with van der Waals surface area (Å²) in [6, 6.07) is 5.21. The molecule has 0 bridgehead atoms. The Balaban J connectivity index is 1.71. The third kappa shape index (κ3) is 2.62. The topological polar surface area (TPSA) is 77.5 Å². The first-order valence-corrected chi connectivity index (χ1v) is 10.6. The molecular weight excluding hydrogens is 340 g/mol. The first-order valence-electron chi connectivity index (χ1n) is 8.77. The fourth-order valence-corrected chi connectivity index (χ4v) is 5.83. The van der Waals surface area contributed by atoms with Crippen LogP contribution in [0.1, 0.15) is 49.7 Å². The van der Waals surface area contributed by atoms with Gasteiger partial charge in [-0.15, -0.1) is 0 Å². The second-order valence-corrected chi connectivity index (χ2v) is 9.53. The molecule has 2 saturated carbocycles. The van der Waals surface area contributed by atoms with Gasteiger partial charge in [-0.1, -0.05) is 13.0 Å². The second-order valence-electron chi connectivity index (χ2n) is 7.96. The summed E-state index contributed by atoms with van der Waals surface area (Å²) in [5.41, 5.74) is 1.50. The van der Waals surface area contributed by atoms with Crippen molar-refractivity contribution in [2.75, 3.05) is 6.26 Å². The van der Waals surface area contributed by atoms with Gasteiger partial charge in [0.1, 0.15) is 17.3 Å². The average Bonchev–Trinajstić information content (AvgIpc) is 2.80. The van der Waals surface area contributed by atoms with Crippen LogP contribution in [-0.4, -0.2) is 26.2 Å². The summed E-state index contributed by atoms with van der Waals surface area (Å²) in [6.07, 6.45) is 4.47. The standard InChI is InChI=1S/C19H22O5S/c1-19-10-16(20)18-13-6-4-12(24-25(2,22)23)9-11(13)3-5-14(18)15(19)7-8-17(19)21/h4,6,9,14-15,18H,3,5,7-8,10H2,1-2H3/t14-,15-,18+,19-/m0/s1. The van der Waals surface area contributed by atoms with Crippen molar-refractivity contribution in [3.8, 4) is 5.75 Å². The zero-order valence-electron chi connectivity index (χ0n) is 14.4. The number of carbonyl (C=O) groups excluding carboxylic acids is 2. The van der Waals surface area contributed by atoms with Gasteiger partial charge in [0.15, 0.2) is 0 Å². The number of fused-ring (bicyclic) bond motifs is 5. The van der Waals surface area contributed by atoms with Crippen LogP contribution in [0.15, 0.2) is 18.2 Å². The minimum atomic E-state index is -3.57. The molecule has 4 rings (SSSR count). The molecule has 25 heavy (non-hydrogen) atoms. The number of hydrogen-bond acceptors (Lipinski definition) is 5. The highest BCUT2D eigenvalue weighted by atomic mass is 32.2. The van der Waals surface area contributed by atoms with Crippen LogP contribution >= 0.6 is 0 Å². The summed E-state index contributed by atoms with van der Waals surface area (Å²) in [5.74, 6) is 1.02. The Morgan fingerprint density at radius 1 is 1.16 bits per heavy atom. The number of rotatable bonds is 2. The van der Waals surface area contributed by atoms with Crippen molar-refractivity contribution >= 4 is 21.7 Å². The molecule has 1 aromatic rings. The van der Waals surface area contributed by atoms with E-state index in [-0.39, 0.29) is 29.3 Å². The van der Waals surface area contributed by atoms with Gasteiger partial charge >= 0.3 is 10.1 Å². The highest BCUT2D eigenvalue weighted by Gasteiger charge is 2.57. The second kappa shape index (κ2) is 5.40. The number of aryl methyl sites for hydroxylation is 1. The van der Waals surface area contributed by atoms with Crippen LogP contribution < -0.4 is 4.18 Å². The molecule has 1 aromatic carbocycles. The van der Waals surface area contributed by atoms with Crippen molar-refractivity contribution in [1.82, 2.24) is 0 Å². The molecule has 0 N–H and O–H groups in total. The Hall–Kier alpha value is -1.69. The summed E-state index contributed by atoms with van der Waals surface area (Å²) in [4.78, 5) is 25.3. The predicted molar refractivity (Wildman–Crippen MR) is 91.9 cm³/mol. The first kappa shape index (κ1) is 16.8. The highest BCUT2D eigenvalue weighted by molar-refractivity contribution is 7.86. The average molecular weight is 362 g/mol. The SMILES string of the molecule is C[C@]12CC(=O)[C@@H]3c4ccc(OS(C)(=O)=O)cc4CC[C@H]3[C@@H]1CCC2=O. The minimum absolute atomic E-state index is 0.150. The monoisotopic (exact) mass is 362 g/mol. The molecule has 0 aliphatic heterocycles. The van der Waals surface area contributed by atoms with Crippen LogP contribution in [0.4, 0.5) is 0 Å². The molecule has 6 heteroatoms. The van der Waals surface area contributed by atoms with Crippen molar-refractivity contribution in [1.29, 1.82) is 0 Å². The molecule has 0 amide bonds. The normalized spacial score (nSPS) is 34.2. The van der Waals surface area contributed by atoms with Crippen molar-refractivity contribution < 1.29 is 22.2 Å². The third-order valence-electron chi connectivity index (χ3n) is 6.42. The molecule has 5 nitrogen and oxygen atoms in total. The van der Waals surface area contributed by atoms with Crippen molar-refractivity contribution in [2.24, 2.45) is 17.3 Å². The van der Waals surface area contributed by atoms with E-state index in [1.54, 1.807) is 12.1 Å². The summed E-state index contributed by atoms with van der Waals surface area (Å²) in [6.45, 7) is 1.97. The first-order chi connectivity index (χ1) is 11.7. The molecule has 134 valence electrons. The summed E-state index contributed by atoms with van der Waals surface area (Å²) >= 11 is 0. The minimum Gasteiger partial charge on any atom is -0.383 e. The molecular formula is C19H22O5S. The molecule has 0 spiro atoms. The number of ketones is 2. The van der Waals surface area contributed by atoms with Gasteiger partial charge in [-0.05, 0) is 54.4 Å². The Labute approximate surface area is 147 Å². The molecule has 3 aliphatic carbocycles. The molecule has 0 unspecified atom stereocenters. The van der Waals surface area contributed by atoms with Crippen molar-refractivity contribution in [2.45, 2.75) is 44.9 Å². The number of hydrogen-bond donors (Lipinski definition) is 0. The lowest BCUT2D eigenvalue weighted by atomic mass is 9.55. The van der Waals surface area contributed by atoms with E-state index in [1.807, 2.05) is 13.0 Å². The molecule has 0 aromatic heterocycles. The van der Waals surface area contributed by atoms with E-state index < -0.39 is 15.5 Å². The van der Waals surface area contributed by atoms with Crippen LogP contribution in [0.3, 0.4) is 0 Å². The molecule has 0 radical (unpaired) electrons. The van der Waals surface area contributed by atoms with Gasteiger partial charge in [0.25, 0.3) is 0 Å². The van der Waals surface area contributed by atoms with Crippen LogP contribution in [-0.2, 0) is 26.1 Å². The van der Waals surface area contributed by atoms with Crippen molar-refractivity contribution in [3.05, 3.63) is 29.3 Å². The Morgan fingerprint density at radius 3 is 2.64 bits per heavy atom. The zero-order valence-corrected chi connectivity index (χ0v) is 15.3. The Morgan fingerprint density at radius 2 is 1.92 bits per heavy atom. The van der Waals surface area contributed by atoms with E-state index >= 15 is 0 Å². The fourth-order valence-electron chi connectivity index (χ4n) is 5.38. The van der Waals surface area contributed by atoms with Crippen LogP contribution in [0.5, 0.6) is 5.75 Å². The van der Waals surface area contributed by atoms with Gasteiger partial charge in [0.2, 0.25) is 0 Å². The number of benzene rings is 1. The molecule has 0 heterocycles. The largest absolute Gasteiger partial charge is 0.383 e. The summed E-state index contributed by atoms with van der Waals surface area (Å²) < 4.78 is 27.6. The fraction of sp³-hybridized carbons (Fsp3) is 0.579. The van der Waals surface area contributed by atoms with E-state index in [2.05, 4.69) is 0 Å². The van der Waals surface area contributed by atoms with Gasteiger partial charge in [0, 0.05) is 24.2 Å². The Bertz CT molecular complexity index is 872. The maximum atomic E-state index is 12.9. The third-order valence-corrected chi connectivity index (χ3v) is 6.91. The molecule has 0 saturated heterocycles. The van der Waals surface area contributed by atoms with Gasteiger partial charge in [-0.25, -0.2) is 0 Å². The summed E-state index contributed by atoms with van der Waals surface area (Å²) in [7, 11) is -3.57.